The third-order valence-electron chi connectivity index (χ3n) is 10.2. The minimum Gasteiger partial charge on any atom is -0.355 e. The molecule has 0 fully saturated rings. The summed E-state index contributed by atoms with van der Waals surface area (Å²) in [6.07, 6.45) is 4.93. The molecule has 0 radical (unpaired) electrons. The molecule has 5 rings (SSSR count). The standard InChI is InChI=1S/C38H51N/c1-34(2,3)26-13-17-33(39-27-14-16-30-32(24-27)38(10,11)21-19-36(30,6)7)28(23-26)25-12-15-29-31(22-25)37(8,9)20-18-35(29,4)5/h12-17,22-24,39H,18-21H2,1-11H3. The van der Waals surface area contributed by atoms with E-state index < -0.39 is 0 Å². The third kappa shape index (κ3) is 5.07. The maximum absolute atomic E-state index is 3.88. The van der Waals surface area contributed by atoms with Crippen LogP contribution in [0.5, 0.6) is 0 Å². The Bertz CT molecular complexity index is 1410. The van der Waals surface area contributed by atoms with Gasteiger partial charge in [-0.3, -0.25) is 0 Å². The second-order valence-corrected chi connectivity index (χ2v) is 16.2. The van der Waals surface area contributed by atoms with E-state index in [0.717, 1.165) is 0 Å². The summed E-state index contributed by atoms with van der Waals surface area (Å²) < 4.78 is 0. The van der Waals surface area contributed by atoms with Gasteiger partial charge in [0, 0.05) is 16.9 Å². The minimum absolute atomic E-state index is 0.0875. The number of anilines is 2. The Labute approximate surface area is 238 Å². The number of hydrogen-bond donors (Lipinski definition) is 1. The summed E-state index contributed by atoms with van der Waals surface area (Å²) in [7, 11) is 0. The first kappa shape index (κ1) is 28.0. The average Bonchev–Trinajstić information content (AvgIpc) is 2.84. The lowest BCUT2D eigenvalue weighted by molar-refractivity contribution is 0.332. The van der Waals surface area contributed by atoms with Crippen molar-refractivity contribution in [1.29, 1.82) is 0 Å². The van der Waals surface area contributed by atoms with Gasteiger partial charge in [0.2, 0.25) is 0 Å². The second-order valence-electron chi connectivity index (χ2n) is 16.2. The monoisotopic (exact) mass is 521 g/mol. The van der Waals surface area contributed by atoms with Crippen molar-refractivity contribution in [3.63, 3.8) is 0 Å². The van der Waals surface area contributed by atoms with E-state index in [4.69, 9.17) is 0 Å². The van der Waals surface area contributed by atoms with Crippen molar-refractivity contribution in [3.05, 3.63) is 82.4 Å². The van der Waals surface area contributed by atoms with E-state index in [1.165, 1.54) is 76.0 Å². The fourth-order valence-electron chi connectivity index (χ4n) is 6.94. The van der Waals surface area contributed by atoms with Crippen LogP contribution in [0.4, 0.5) is 11.4 Å². The molecule has 0 aromatic heterocycles. The van der Waals surface area contributed by atoms with Crippen LogP contribution in [0.15, 0.2) is 54.6 Å². The molecule has 2 aliphatic carbocycles. The molecule has 3 aromatic carbocycles. The van der Waals surface area contributed by atoms with Crippen LogP contribution in [0.1, 0.15) is 130 Å². The van der Waals surface area contributed by atoms with Crippen LogP contribution in [-0.4, -0.2) is 0 Å². The fraction of sp³-hybridized carbons (Fsp3) is 0.526. The second kappa shape index (κ2) is 8.98. The van der Waals surface area contributed by atoms with Crippen LogP contribution >= 0.6 is 0 Å². The molecule has 2 aliphatic rings. The molecule has 0 unspecified atom stereocenters. The Kier molecular flexibility index (Phi) is 6.45. The highest BCUT2D eigenvalue weighted by atomic mass is 14.9. The molecule has 0 heterocycles. The van der Waals surface area contributed by atoms with Gasteiger partial charge in [0.1, 0.15) is 0 Å². The quantitative estimate of drug-likeness (QED) is 0.361. The predicted octanol–water partition coefficient (Wildman–Crippen LogP) is 11.1. The molecule has 3 aromatic rings. The van der Waals surface area contributed by atoms with Crippen LogP contribution in [-0.2, 0) is 27.1 Å². The lowest BCUT2D eigenvalue weighted by atomic mass is 9.63. The summed E-state index contributed by atoms with van der Waals surface area (Å²) in [6.45, 7) is 26.2. The van der Waals surface area contributed by atoms with Crippen molar-refractivity contribution in [2.45, 2.75) is 129 Å². The number of benzene rings is 3. The topological polar surface area (TPSA) is 12.0 Å². The smallest absolute Gasteiger partial charge is 0.0464 e. The average molecular weight is 522 g/mol. The summed E-state index contributed by atoms with van der Waals surface area (Å²) in [4.78, 5) is 0. The molecule has 0 atom stereocenters. The minimum atomic E-state index is 0.0875. The summed E-state index contributed by atoms with van der Waals surface area (Å²) in [5.41, 5.74) is 13.3. The van der Waals surface area contributed by atoms with Crippen LogP contribution in [0.25, 0.3) is 11.1 Å². The van der Waals surface area contributed by atoms with Gasteiger partial charge in [-0.25, -0.2) is 0 Å². The van der Waals surface area contributed by atoms with Crippen molar-refractivity contribution >= 4 is 11.4 Å². The lowest BCUT2D eigenvalue weighted by Gasteiger charge is -2.42. The van der Waals surface area contributed by atoms with Gasteiger partial charge < -0.3 is 5.32 Å². The maximum atomic E-state index is 3.88. The molecule has 39 heavy (non-hydrogen) atoms. The first-order valence-corrected chi connectivity index (χ1v) is 15.1. The molecule has 208 valence electrons. The molecule has 0 bridgehead atoms. The summed E-state index contributed by atoms with van der Waals surface area (Å²) >= 11 is 0. The van der Waals surface area contributed by atoms with E-state index in [0.29, 0.717) is 0 Å². The molecule has 0 saturated heterocycles. The normalized spacial score (nSPS) is 20.6. The zero-order chi connectivity index (χ0) is 28.6. The first-order chi connectivity index (χ1) is 17.9. The van der Waals surface area contributed by atoms with Gasteiger partial charge in [0.05, 0.1) is 0 Å². The Morgan fingerprint density at radius 3 is 1.56 bits per heavy atom. The van der Waals surface area contributed by atoms with E-state index >= 15 is 0 Å². The lowest BCUT2D eigenvalue weighted by Crippen LogP contribution is -2.33. The first-order valence-electron chi connectivity index (χ1n) is 15.1. The van der Waals surface area contributed by atoms with E-state index in [1.54, 1.807) is 0 Å². The Morgan fingerprint density at radius 1 is 0.538 bits per heavy atom. The Hall–Kier alpha value is -2.54. The van der Waals surface area contributed by atoms with E-state index in [9.17, 15) is 0 Å². The van der Waals surface area contributed by atoms with Crippen molar-refractivity contribution in [1.82, 2.24) is 0 Å². The third-order valence-corrected chi connectivity index (χ3v) is 10.2. The van der Waals surface area contributed by atoms with Gasteiger partial charge in [0.15, 0.2) is 0 Å². The number of rotatable bonds is 3. The summed E-state index contributed by atoms with van der Waals surface area (Å²) in [5, 5.41) is 3.88. The molecule has 0 saturated carbocycles. The maximum Gasteiger partial charge on any atom is 0.0464 e. The number of hydrogen-bond acceptors (Lipinski definition) is 1. The van der Waals surface area contributed by atoms with E-state index in [-0.39, 0.29) is 27.1 Å². The van der Waals surface area contributed by atoms with Crippen molar-refractivity contribution in [2.75, 3.05) is 5.32 Å². The van der Waals surface area contributed by atoms with Crippen molar-refractivity contribution in [2.24, 2.45) is 0 Å². The van der Waals surface area contributed by atoms with Crippen LogP contribution in [0.3, 0.4) is 0 Å². The highest BCUT2D eigenvalue weighted by molar-refractivity contribution is 5.83. The van der Waals surface area contributed by atoms with Gasteiger partial charge >= 0.3 is 0 Å². The van der Waals surface area contributed by atoms with Crippen LogP contribution < -0.4 is 5.32 Å². The molecule has 1 heteroatoms. The van der Waals surface area contributed by atoms with Crippen LogP contribution in [0.2, 0.25) is 0 Å². The zero-order valence-corrected chi connectivity index (χ0v) is 26.5. The number of fused-ring (bicyclic) bond motifs is 2. The van der Waals surface area contributed by atoms with E-state index in [1.807, 2.05) is 0 Å². The van der Waals surface area contributed by atoms with Gasteiger partial charge in [-0.2, -0.15) is 0 Å². The molecule has 0 amide bonds. The fourth-order valence-corrected chi connectivity index (χ4v) is 6.94. The van der Waals surface area contributed by atoms with Gasteiger partial charge in [-0.1, -0.05) is 106 Å². The van der Waals surface area contributed by atoms with E-state index in [2.05, 4.69) is 136 Å². The largest absolute Gasteiger partial charge is 0.355 e. The van der Waals surface area contributed by atoms with Gasteiger partial charge in [0.25, 0.3) is 0 Å². The molecule has 0 spiro atoms. The zero-order valence-electron chi connectivity index (χ0n) is 26.5. The highest BCUT2D eigenvalue weighted by Gasteiger charge is 2.38. The van der Waals surface area contributed by atoms with Crippen LogP contribution in [0, 0.1) is 0 Å². The molecule has 1 nitrogen and oxygen atoms in total. The number of nitrogens with one attached hydrogen (secondary N) is 1. The molecular formula is C38H51N. The summed E-state index contributed by atoms with van der Waals surface area (Å²) in [6, 6.07) is 21.4. The summed E-state index contributed by atoms with van der Waals surface area (Å²) in [5.74, 6) is 0. The SMILES string of the molecule is CC(C)(C)c1ccc(Nc2ccc3c(c2)C(C)(C)CCC3(C)C)c(-c2ccc3c(c2)C(C)(C)CCC3(C)C)c1. The Morgan fingerprint density at radius 2 is 1.03 bits per heavy atom. The van der Waals surface area contributed by atoms with Gasteiger partial charge in [-0.05, 0) is 110 Å². The molecule has 1 N–H and O–H groups in total. The molecule has 0 aliphatic heterocycles. The molecular weight excluding hydrogens is 470 g/mol. The highest BCUT2D eigenvalue weighted by Crippen LogP contribution is 2.49. The Balaban J connectivity index is 1.63. The predicted molar refractivity (Wildman–Crippen MR) is 171 cm³/mol. The van der Waals surface area contributed by atoms with Gasteiger partial charge in [-0.15, -0.1) is 0 Å². The van der Waals surface area contributed by atoms with Crippen molar-refractivity contribution < 1.29 is 0 Å². The van der Waals surface area contributed by atoms with Crippen molar-refractivity contribution in [3.8, 4) is 11.1 Å².